The number of rotatable bonds is 5. The van der Waals surface area contributed by atoms with E-state index in [1.807, 2.05) is 29.2 Å². The van der Waals surface area contributed by atoms with E-state index in [1.54, 1.807) is 13.2 Å². The molecule has 2 aliphatic carbocycles. The number of likely N-dealkylation sites (tertiary alicyclic amines) is 1. The highest BCUT2D eigenvalue weighted by Gasteiger charge is 2.44. The Bertz CT molecular complexity index is 918. The minimum Gasteiger partial charge on any atom is -0.464 e. The van der Waals surface area contributed by atoms with E-state index in [1.165, 1.54) is 12.8 Å². The molecule has 154 valence electrons. The van der Waals surface area contributed by atoms with Gasteiger partial charge in [-0.1, -0.05) is 12.1 Å². The maximum atomic E-state index is 13.2. The molecule has 2 heterocycles. The molecule has 0 spiro atoms. The van der Waals surface area contributed by atoms with Crippen molar-refractivity contribution in [1.82, 2.24) is 10.2 Å². The number of hydrogen-bond acceptors (Lipinski definition) is 4. The number of furan rings is 1. The highest BCUT2D eigenvalue weighted by molar-refractivity contribution is 6.04. The van der Waals surface area contributed by atoms with Crippen LogP contribution in [0, 0.1) is 17.8 Å². The van der Waals surface area contributed by atoms with Crippen LogP contribution in [-0.2, 0) is 9.53 Å². The highest BCUT2D eigenvalue weighted by Crippen LogP contribution is 2.39. The molecule has 6 nitrogen and oxygen atoms in total. The summed E-state index contributed by atoms with van der Waals surface area (Å²) in [5.74, 6) is 1.54. The second-order valence-electron chi connectivity index (χ2n) is 8.97. The number of hydrogen-bond donors (Lipinski definition) is 1. The second kappa shape index (κ2) is 7.48. The highest BCUT2D eigenvalue weighted by atomic mass is 16.5. The molecule has 2 saturated carbocycles. The van der Waals surface area contributed by atoms with Crippen LogP contribution in [0.25, 0.3) is 11.0 Å². The van der Waals surface area contributed by atoms with Gasteiger partial charge < -0.3 is 19.4 Å². The van der Waals surface area contributed by atoms with E-state index in [-0.39, 0.29) is 24.0 Å². The number of carbonyl (C=O) groups is 2. The maximum absolute atomic E-state index is 13.2. The predicted molar refractivity (Wildman–Crippen MR) is 108 cm³/mol. The van der Waals surface area contributed by atoms with Gasteiger partial charge in [0.25, 0.3) is 5.91 Å². The van der Waals surface area contributed by atoms with Gasteiger partial charge in [0.2, 0.25) is 5.91 Å². The van der Waals surface area contributed by atoms with E-state index in [9.17, 15) is 9.59 Å². The lowest BCUT2D eigenvalue weighted by molar-refractivity contribution is -0.122. The number of nitrogens with zero attached hydrogens (tertiary/aromatic N) is 1. The van der Waals surface area contributed by atoms with Crippen LogP contribution in [0.15, 0.2) is 34.9 Å². The molecule has 4 atom stereocenters. The smallest absolute Gasteiger partial charge is 0.257 e. The summed E-state index contributed by atoms with van der Waals surface area (Å²) < 4.78 is 11.8. The number of amides is 2. The van der Waals surface area contributed by atoms with Crippen molar-refractivity contribution < 1.29 is 18.7 Å². The molecular formula is C23H28N2O4. The Balaban J connectivity index is 1.30. The summed E-state index contributed by atoms with van der Waals surface area (Å²) in [6.45, 7) is 3.84. The molecule has 0 bridgehead atoms. The van der Waals surface area contributed by atoms with Crippen LogP contribution in [0.1, 0.15) is 43.0 Å². The third kappa shape index (κ3) is 3.78. The topological polar surface area (TPSA) is 71.8 Å². The summed E-state index contributed by atoms with van der Waals surface area (Å²) in [5, 5.41) is 4.05. The Hall–Kier alpha value is -2.34. The first-order chi connectivity index (χ1) is 14.1. The fourth-order valence-corrected chi connectivity index (χ4v) is 5.05. The predicted octanol–water partition coefficient (Wildman–Crippen LogP) is 3.21. The van der Waals surface area contributed by atoms with Crippen LogP contribution in [0.4, 0.5) is 0 Å². The molecule has 0 radical (unpaired) electrons. The van der Waals surface area contributed by atoms with E-state index in [0.29, 0.717) is 28.9 Å². The summed E-state index contributed by atoms with van der Waals surface area (Å²) in [5.41, 5.74) is 1.29. The van der Waals surface area contributed by atoms with Crippen LogP contribution in [-0.4, -0.2) is 48.6 Å². The van der Waals surface area contributed by atoms with Gasteiger partial charge >= 0.3 is 0 Å². The van der Waals surface area contributed by atoms with Crippen molar-refractivity contribution in [2.24, 2.45) is 17.8 Å². The average molecular weight is 396 g/mol. The van der Waals surface area contributed by atoms with Gasteiger partial charge in [0.15, 0.2) is 0 Å². The third-order valence-electron chi connectivity index (χ3n) is 6.75. The van der Waals surface area contributed by atoms with Crippen molar-refractivity contribution in [3.8, 4) is 0 Å². The minimum absolute atomic E-state index is 0.0103. The van der Waals surface area contributed by atoms with Gasteiger partial charge in [0.1, 0.15) is 5.58 Å². The van der Waals surface area contributed by atoms with Gasteiger partial charge in [-0.25, -0.2) is 0 Å². The molecule has 1 aromatic carbocycles. The van der Waals surface area contributed by atoms with Gasteiger partial charge in [0.05, 0.1) is 24.0 Å². The quantitative estimate of drug-likeness (QED) is 0.842. The first-order valence-electron chi connectivity index (χ1n) is 10.7. The number of para-hydroxylation sites is 1. The fourth-order valence-electron chi connectivity index (χ4n) is 5.05. The molecule has 6 heteroatoms. The van der Waals surface area contributed by atoms with Gasteiger partial charge in [0, 0.05) is 32.0 Å². The van der Waals surface area contributed by atoms with Crippen LogP contribution in [0.5, 0.6) is 0 Å². The van der Waals surface area contributed by atoms with Crippen molar-refractivity contribution in [3.05, 3.63) is 36.1 Å². The number of carbonyl (C=O) groups excluding carboxylic acids is 2. The number of fused-ring (bicyclic) bond motifs is 2. The Morgan fingerprint density at radius 2 is 1.97 bits per heavy atom. The number of nitrogens with one attached hydrogen (secondary N) is 1. The number of benzene rings is 1. The third-order valence-corrected chi connectivity index (χ3v) is 6.75. The largest absolute Gasteiger partial charge is 0.464 e. The fraction of sp³-hybridized carbons (Fsp3) is 0.565. The normalized spacial score (nSPS) is 29.1. The Labute approximate surface area is 170 Å². The Kier molecular flexibility index (Phi) is 4.82. The van der Waals surface area contributed by atoms with Crippen molar-refractivity contribution in [3.63, 3.8) is 0 Å². The van der Waals surface area contributed by atoms with E-state index in [0.717, 1.165) is 37.9 Å². The van der Waals surface area contributed by atoms with E-state index in [2.05, 4.69) is 5.32 Å². The lowest BCUT2D eigenvalue weighted by atomic mass is 9.77. The van der Waals surface area contributed by atoms with Crippen molar-refractivity contribution in [1.29, 1.82) is 0 Å². The van der Waals surface area contributed by atoms with Gasteiger partial charge in [-0.2, -0.15) is 0 Å². The van der Waals surface area contributed by atoms with Gasteiger partial charge in [-0.15, -0.1) is 0 Å². The zero-order valence-electron chi connectivity index (χ0n) is 16.8. The van der Waals surface area contributed by atoms with Crippen LogP contribution in [0.3, 0.4) is 0 Å². The summed E-state index contributed by atoms with van der Waals surface area (Å²) in [6, 6.07) is 7.63. The molecule has 3 aliphatic rings. The van der Waals surface area contributed by atoms with E-state index >= 15 is 0 Å². The molecule has 1 aliphatic heterocycles. The summed E-state index contributed by atoms with van der Waals surface area (Å²) in [4.78, 5) is 26.9. The monoisotopic (exact) mass is 396 g/mol. The molecule has 5 rings (SSSR count). The van der Waals surface area contributed by atoms with Crippen LogP contribution < -0.4 is 5.32 Å². The minimum atomic E-state index is -0.0103. The van der Waals surface area contributed by atoms with Crippen LogP contribution in [0.2, 0.25) is 0 Å². The second-order valence-corrected chi connectivity index (χ2v) is 8.97. The van der Waals surface area contributed by atoms with E-state index in [4.69, 9.17) is 9.15 Å². The molecule has 2 aromatic rings. The summed E-state index contributed by atoms with van der Waals surface area (Å²) in [6.07, 6.45) is 5.95. The molecule has 29 heavy (non-hydrogen) atoms. The average Bonchev–Trinajstić information content (AvgIpc) is 3.23. The zero-order chi connectivity index (χ0) is 20.0. The van der Waals surface area contributed by atoms with Crippen LogP contribution >= 0.6 is 0 Å². The standard InChI is InChI=1S/C23H28N2O4/c1-14(26)24-20-9-17-11-25(12-18(17)10-21(20)29-13-15-5-6-15)23(27)19-4-2-3-16-7-8-28-22(16)19/h2-4,7-8,15,17-18,20-21H,5-6,9-13H2,1H3,(H,24,26)/t17-,18+,20-,21-/m1/s1. The maximum Gasteiger partial charge on any atom is 0.257 e. The lowest BCUT2D eigenvalue weighted by Gasteiger charge is -2.38. The first-order valence-corrected chi connectivity index (χ1v) is 10.7. The molecule has 0 unspecified atom stereocenters. The zero-order valence-corrected chi connectivity index (χ0v) is 16.8. The Morgan fingerprint density at radius 1 is 1.17 bits per heavy atom. The van der Waals surface area contributed by atoms with Crippen molar-refractivity contribution >= 4 is 22.8 Å². The Morgan fingerprint density at radius 3 is 2.72 bits per heavy atom. The van der Waals surface area contributed by atoms with Gasteiger partial charge in [-0.05, 0) is 55.6 Å². The first kappa shape index (κ1) is 18.7. The molecule has 2 amide bonds. The summed E-state index contributed by atoms with van der Waals surface area (Å²) in [7, 11) is 0. The molecule has 1 N–H and O–H groups in total. The number of ether oxygens (including phenoxy) is 1. The van der Waals surface area contributed by atoms with E-state index < -0.39 is 0 Å². The van der Waals surface area contributed by atoms with Crippen molar-refractivity contribution in [2.45, 2.75) is 44.8 Å². The molecular weight excluding hydrogens is 368 g/mol. The van der Waals surface area contributed by atoms with Crippen molar-refractivity contribution in [2.75, 3.05) is 19.7 Å². The summed E-state index contributed by atoms with van der Waals surface area (Å²) >= 11 is 0. The molecule has 1 saturated heterocycles. The SMILES string of the molecule is CC(=O)N[C@@H]1C[C@@H]2CN(C(=O)c3cccc4ccoc34)C[C@@H]2C[C@H]1OCC1CC1. The molecule has 3 fully saturated rings. The molecule has 1 aromatic heterocycles. The van der Waals surface area contributed by atoms with Gasteiger partial charge in [-0.3, -0.25) is 9.59 Å². The lowest BCUT2D eigenvalue weighted by Crippen LogP contribution is -2.50.